The van der Waals surface area contributed by atoms with Crippen molar-refractivity contribution in [3.8, 4) is 0 Å². The molecule has 86 valence electrons. The van der Waals surface area contributed by atoms with Gasteiger partial charge >= 0.3 is 12.1 Å². The van der Waals surface area contributed by atoms with Crippen LogP contribution in [0.2, 0.25) is 0 Å². The predicted molar refractivity (Wildman–Crippen MR) is 46.3 cm³/mol. The molecular weight excluding hydrogens is 213 g/mol. The van der Waals surface area contributed by atoms with Gasteiger partial charge in [-0.2, -0.15) is 13.2 Å². The Hall–Kier alpha value is -1.53. The van der Waals surface area contributed by atoms with E-state index in [1.54, 1.807) is 6.20 Å². The molecule has 1 heterocycles. The van der Waals surface area contributed by atoms with Gasteiger partial charge in [0.15, 0.2) is 0 Å². The van der Waals surface area contributed by atoms with Crippen LogP contribution in [0.1, 0.15) is 19.2 Å². The fourth-order valence-corrected chi connectivity index (χ4v) is 0.671. The number of nitrogens with one attached hydrogen (secondary N) is 1. The highest BCUT2D eigenvalue weighted by Gasteiger charge is 2.38. The number of nitrogens with zero attached hydrogens (tertiary/aromatic N) is 1. The predicted octanol–water partition coefficient (Wildman–Crippen LogP) is 2.00. The smallest absolute Gasteiger partial charge is 0.475 e. The molecule has 0 saturated heterocycles. The van der Waals surface area contributed by atoms with Crippen molar-refractivity contribution in [2.75, 3.05) is 0 Å². The highest BCUT2D eigenvalue weighted by molar-refractivity contribution is 5.73. The van der Waals surface area contributed by atoms with Gasteiger partial charge in [-0.3, -0.25) is 0 Å². The van der Waals surface area contributed by atoms with Crippen molar-refractivity contribution >= 4 is 5.97 Å². The topological polar surface area (TPSA) is 66.0 Å². The van der Waals surface area contributed by atoms with E-state index < -0.39 is 12.1 Å². The lowest BCUT2D eigenvalue weighted by Crippen LogP contribution is -2.21. The van der Waals surface area contributed by atoms with Crippen molar-refractivity contribution in [2.45, 2.75) is 25.9 Å². The summed E-state index contributed by atoms with van der Waals surface area (Å²) in [5.41, 5.74) is 0. The Kier molecular flexibility index (Phi) is 5.43. The Morgan fingerprint density at radius 2 is 2.13 bits per heavy atom. The second-order valence-corrected chi connectivity index (χ2v) is 2.59. The minimum absolute atomic E-state index is 1.06. The summed E-state index contributed by atoms with van der Waals surface area (Å²) in [6.07, 6.45) is 0.774. The number of aliphatic carboxylic acids is 1. The number of halogens is 3. The summed E-state index contributed by atoms with van der Waals surface area (Å²) in [6.45, 7) is 2.14. The summed E-state index contributed by atoms with van der Waals surface area (Å²) in [5.74, 6) is -1.67. The van der Waals surface area contributed by atoms with Crippen LogP contribution in [0.25, 0.3) is 0 Å². The van der Waals surface area contributed by atoms with Crippen molar-refractivity contribution in [1.29, 1.82) is 0 Å². The van der Waals surface area contributed by atoms with E-state index in [1.165, 1.54) is 0 Å². The first-order chi connectivity index (χ1) is 6.88. The molecule has 15 heavy (non-hydrogen) atoms. The molecule has 0 bridgehead atoms. The maximum atomic E-state index is 10.6. The molecule has 1 rings (SSSR count). The van der Waals surface area contributed by atoms with E-state index in [9.17, 15) is 13.2 Å². The number of H-pyrrole nitrogens is 1. The zero-order valence-corrected chi connectivity index (χ0v) is 8.01. The quantitative estimate of drug-likeness (QED) is 0.807. The molecule has 0 spiro atoms. The highest BCUT2D eigenvalue weighted by atomic mass is 19.4. The van der Waals surface area contributed by atoms with Gasteiger partial charge in [-0.1, -0.05) is 6.92 Å². The van der Waals surface area contributed by atoms with E-state index in [0.29, 0.717) is 0 Å². The molecule has 0 atom stereocenters. The van der Waals surface area contributed by atoms with E-state index in [4.69, 9.17) is 9.90 Å². The first kappa shape index (κ1) is 13.5. The number of aromatic amines is 1. The van der Waals surface area contributed by atoms with Gasteiger partial charge in [0.1, 0.15) is 5.82 Å². The number of hydrogen-bond acceptors (Lipinski definition) is 2. The first-order valence-corrected chi connectivity index (χ1v) is 4.16. The monoisotopic (exact) mass is 224 g/mol. The summed E-state index contributed by atoms with van der Waals surface area (Å²) in [7, 11) is 0. The van der Waals surface area contributed by atoms with Gasteiger partial charge < -0.3 is 10.1 Å². The Morgan fingerprint density at radius 3 is 2.40 bits per heavy atom. The average molecular weight is 224 g/mol. The van der Waals surface area contributed by atoms with Crippen LogP contribution in [0.5, 0.6) is 0 Å². The fourth-order valence-electron chi connectivity index (χ4n) is 0.671. The molecular formula is C8H11F3N2O2. The van der Waals surface area contributed by atoms with E-state index in [0.717, 1.165) is 18.7 Å². The van der Waals surface area contributed by atoms with Crippen molar-refractivity contribution in [1.82, 2.24) is 9.97 Å². The maximum absolute atomic E-state index is 10.6. The third-order valence-corrected chi connectivity index (χ3v) is 1.28. The third kappa shape index (κ3) is 6.53. The SMILES string of the molecule is CCCc1ncc[nH]1.O=C(O)C(F)(F)F. The van der Waals surface area contributed by atoms with Crippen LogP contribution >= 0.6 is 0 Å². The normalized spacial score (nSPS) is 10.4. The Morgan fingerprint density at radius 1 is 1.60 bits per heavy atom. The number of carbonyl (C=O) groups is 1. The Balaban J connectivity index is 0.000000265. The average Bonchev–Trinajstić information content (AvgIpc) is 2.57. The number of aromatic nitrogens is 2. The number of hydrogen-bond donors (Lipinski definition) is 2. The zero-order valence-electron chi connectivity index (χ0n) is 8.01. The molecule has 7 heteroatoms. The van der Waals surface area contributed by atoms with Gasteiger partial charge in [-0.05, 0) is 6.42 Å². The molecule has 1 aromatic rings. The molecule has 0 fully saturated rings. The molecule has 2 N–H and O–H groups in total. The summed E-state index contributed by atoms with van der Waals surface area (Å²) < 4.78 is 31.7. The van der Waals surface area contributed by atoms with Crippen LogP contribution in [0, 0.1) is 0 Å². The molecule has 0 radical (unpaired) electrons. The van der Waals surface area contributed by atoms with Crippen LogP contribution in [-0.4, -0.2) is 27.2 Å². The minimum Gasteiger partial charge on any atom is -0.475 e. The summed E-state index contributed by atoms with van der Waals surface area (Å²) in [4.78, 5) is 16.0. The molecule has 0 saturated carbocycles. The summed E-state index contributed by atoms with van der Waals surface area (Å²) in [5, 5.41) is 7.12. The summed E-state index contributed by atoms with van der Waals surface area (Å²) in [6, 6.07) is 0. The fraction of sp³-hybridized carbons (Fsp3) is 0.500. The highest BCUT2D eigenvalue weighted by Crippen LogP contribution is 2.13. The van der Waals surface area contributed by atoms with E-state index in [2.05, 4.69) is 16.9 Å². The van der Waals surface area contributed by atoms with Crippen LogP contribution in [0.15, 0.2) is 12.4 Å². The number of rotatable bonds is 2. The Bertz CT molecular complexity index is 283. The van der Waals surface area contributed by atoms with Crippen molar-refractivity contribution in [3.05, 3.63) is 18.2 Å². The van der Waals surface area contributed by atoms with Gasteiger partial charge in [-0.25, -0.2) is 9.78 Å². The van der Waals surface area contributed by atoms with Crippen molar-refractivity contribution in [2.24, 2.45) is 0 Å². The standard InChI is InChI=1S/C6H10N2.C2HF3O2/c1-2-3-6-7-4-5-8-6;3-2(4,5)1(6)7/h4-5H,2-3H2,1H3,(H,7,8);(H,6,7). The number of imidazole rings is 1. The van der Waals surface area contributed by atoms with Gasteiger partial charge in [0, 0.05) is 18.8 Å². The van der Waals surface area contributed by atoms with Crippen LogP contribution < -0.4 is 0 Å². The molecule has 1 aromatic heterocycles. The number of alkyl halides is 3. The lowest BCUT2D eigenvalue weighted by Gasteiger charge is -1.93. The first-order valence-electron chi connectivity index (χ1n) is 4.16. The molecule has 4 nitrogen and oxygen atoms in total. The van der Waals surface area contributed by atoms with Gasteiger partial charge in [0.25, 0.3) is 0 Å². The second kappa shape index (κ2) is 6.05. The van der Waals surface area contributed by atoms with Crippen LogP contribution in [-0.2, 0) is 11.2 Å². The van der Waals surface area contributed by atoms with Gasteiger partial charge in [0.2, 0.25) is 0 Å². The number of carboxylic acids is 1. The number of carboxylic acid groups (broad SMARTS) is 1. The molecule has 0 aliphatic rings. The van der Waals surface area contributed by atoms with Crippen LogP contribution in [0.4, 0.5) is 13.2 Å². The van der Waals surface area contributed by atoms with Crippen molar-refractivity contribution < 1.29 is 23.1 Å². The van der Waals surface area contributed by atoms with Gasteiger partial charge in [-0.15, -0.1) is 0 Å². The van der Waals surface area contributed by atoms with Crippen LogP contribution in [0.3, 0.4) is 0 Å². The van der Waals surface area contributed by atoms with E-state index >= 15 is 0 Å². The Labute approximate surface area is 84.1 Å². The number of aryl methyl sites for hydroxylation is 1. The second-order valence-electron chi connectivity index (χ2n) is 2.59. The lowest BCUT2D eigenvalue weighted by atomic mass is 10.3. The van der Waals surface area contributed by atoms with E-state index in [-0.39, 0.29) is 0 Å². The molecule has 0 unspecified atom stereocenters. The molecule has 0 amide bonds. The van der Waals surface area contributed by atoms with Crippen molar-refractivity contribution in [3.63, 3.8) is 0 Å². The van der Waals surface area contributed by atoms with Gasteiger partial charge in [0.05, 0.1) is 0 Å². The third-order valence-electron chi connectivity index (χ3n) is 1.28. The molecule has 0 aliphatic carbocycles. The minimum atomic E-state index is -5.08. The molecule has 0 aromatic carbocycles. The maximum Gasteiger partial charge on any atom is 0.490 e. The largest absolute Gasteiger partial charge is 0.490 e. The lowest BCUT2D eigenvalue weighted by molar-refractivity contribution is -0.192. The van der Waals surface area contributed by atoms with E-state index in [1.807, 2.05) is 6.20 Å². The summed E-state index contributed by atoms with van der Waals surface area (Å²) >= 11 is 0. The molecule has 0 aliphatic heterocycles. The zero-order chi connectivity index (χ0) is 11.9.